The molecule has 0 unspecified atom stereocenters. The molecule has 0 aliphatic heterocycles. The number of carbonyl (C=O) groups excluding carboxylic acids is 1. The Balaban J connectivity index is 2.95. The number of carboxylic acid groups (broad SMARTS) is 1. The highest BCUT2D eigenvalue weighted by molar-refractivity contribution is 6.00. The molecule has 0 fully saturated rings. The smallest absolute Gasteiger partial charge is 0.320 e. The summed E-state index contributed by atoms with van der Waals surface area (Å²) in [7, 11) is 1.33. The van der Waals surface area contributed by atoms with Crippen LogP contribution in [-0.4, -0.2) is 30.0 Å². The lowest BCUT2D eigenvalue weighted by Gasteiger charge is -2.09. The van der Waals surface area contributed by atoms with Gasteiger partial charge in [-0.05, 0) is 18.2 Å². The van der Waals surface area contributed by atoms with Gasteiger partial charge in [-0.1, -0.05) is 0 Å². The molecule has 0 aromatic heterocycles. The van der Waals surface area contributed by atoms with Crippen LogP contribution in [0, 0.1) is 5.82 Å². The minimum absolute atomic E-state index is 0.01000. The van der Waals surface area contributed by atoms with Gasteiger partial charge in [-0.2, -0.15) is 0 Å². The van der Waals surface area contributed by atoms with Crippen LogP contribution < -0.4 is 10.5 Å². The second-order valence-electron chi connectivity index (χ2n) is 3.42. The number of hydrogen-bond acceptors (Lipinski definition) is 4. The largest absolute Gasteiger partial charge is 0.496 e. The van der Waals surface area contributed by atoms with Gasteiger partial charge in [0.1, 0.15) is 17.6 Å². The Bertz CT molecular complexity index is 447. The number of carbonyl (C=O) groups is 2. The highest BCUT2D eigenvalue weighted by Crippen LogP contribution is 2.21. The molecule has 0 aliphatic carbocycles. The van der Waals surface area contributed by atoms with Gasteiger partial charge in [0, 0.05) is 6.42 Å². The molecule has 0 aliphatic rings. The molecule has 17 heavy (non-hydrogen) atoms. The fraction of sp³-hybridized carbons (Fsp3) is 0.273. The van der Waals surface area contributed by atoms with E-state index in [1.54, 1.807) is 0 Å². The SMILES string of the molecule is COc1ccc(F)cc1C(=O)C[C@H](N)C(=O)O. The van der Waals surface area contributed by atoms with E-state index in [1.165, 1.54) is 13.2 Å². The quantitative estimate of drug-likeness (QED) is 0.745. The summed E-state index contributed by atoms with van der Waals surface area (Å²) in [6, 6.07) is 2.13. The van der Waals surface area contributed by atoms with Crippen LogP contribution >= 0.6 is 0 Å². The maximum absolute atomic E-state index is 13.0. The number of Topliss-reactive ketones (excluding diaryl/α,β-unsaturated/α-hetero) is 1. The Kier molecular flexibility index (Phi) is 4.17. The fourth-order valence-corrected chi connectivity index (χ4v) is 1.30. The van der Waals surface area contributed by atoms with Crippen LogP contribution in [0.3, 0.4) is 0 Å². The molecule has 1 rings (SSSR count). The minimum atomic E-state index is -1.31. The summed E-state index contributed by atoms with van der Waals surface area (Å²) in [5.41, 5.74) is 5.22. The van der Waals surface area contributed by atoms with E-state index in [0.717, 1.165) is 12.1 Å². The molecular weight excluding hydrogens is 229 g/mol. The predicted octanol–water partition coefficient (Wildman–Crippen LogP) is 0.819. The number of halogens is 1. The number of ether oxygens (including phenoxy) is 1. The van der Waals surface area contributed by atoms with Crippen molar-refractivity contribution in [3.8, 4) is 5.75 Å². The number of aliphatic carboxylic acids is 1. The van der Waals surface area contributed by atoms with Crippen molar-refractivity contribution in [1.29, 1.82) is 0 Å². The second-order valence-corrected chi connectivity index (χ2v) is 3.42. The highest BCUT2D eigenvalue weighted by Gasteiger charge is 2.20. The molecule has 1 atom stereocenters. The molecule has 1 aromatic rings. The zero-order valence-corrected chi connectivity index (χ0v) is 9.14. The first-order valence-electron chi connectivity index (χ1n) is 4.81. The monoisotopic (exact) mass is 241 g/mol. The molecular formula is C11H12FNO4. The van der Waals surface area contributed by atoms with E-state index in [9.17, 15) is 14.0 Å². The van der Waals surface area contributed by atoms with Gasteiger partial charge in [0.2, 0.25) is 0 Å². The van der Waals surface area contributed by atoms with Crippen LogP contribution in [0.1, 0.15) is 16.8 Å². The van der Waals surface area contributed by atoms with E-state index < -0.39 is 30.0 Å². The third-order valence-electron chi connectivity index (χ3n) is 2.18. The van der Waals surface area contributed by atoms with Gasteiger partial charge in [-0.3, -0.25) is 9.59 Å². The summed E-state index contributed by atoms with van der Waals surface area (Å²) < 4.78 is 17.9. The summed E-state index contributed by atoms with van der Waals surface area (Å²) in [6.07, 6.45) is -0.408. The van der Waals surface area contributed by atoms with Gasteiger partial charge in [-0.15, -0.1) is 0 Å². The van der Waals surface area contributed by atoms with E-state index in [4.69, 9.17) is 15.6 Å². The average molecular weight is 241 g/mol. The van der Waals surface area contributed by atoms with E-state index in [-0.39, 0.29) is 11.3 Å². The van der Waals surface area contributed by atoms with Gasteiger partial charge in [0.25, 0.3) is 0 Å². The topological polar surface area (TPSA) is 89.6 Å². The molecule has 0 spiro atoms. The first-order chi connectivity index (χ1) is 7.95. The van der Waals surface area contributed by atoms with Crippen LogP contribution in [0.5, 0.6) is 5.75 Å². The molecule has 0 bridgehead atoms. The van der Waals surface area contributed by atoms with E-state index in [2.05, 4.69) is 0 Å². The van der Waals surface area contributed by atoms with Gasteiger partial charge >= 0.3 is 5.97 Å². The summed E-state index contributed by atoms with van der Waals surface area (Å²) in [5, 5.41) is 8.58. The van der Waals surface area contributed by atoms with Crippen LogP contribution in [0.25, 0.3) is 0 Å². The number of ketones is 1. The zero-order valence-electron chi connectivity index (χ0n) is 9.14. The predicted molar refractivity (Wildman–Crippen MR) is 57.5 cm³/mol. The summed E-state index contributed by atoms with van der Waals surface area (Å²) in [5.74, 6) is -2.27. The van der Waals surface area contributed by atoms with Crippen molar-refractivity contribution in [2.45, 2.75) is 12.5 Å². The lowest BCUT2D eigenvalue weighted by atomic mass is 10.0. The molecule has 3 N–H and O–H groups in total. The van der Waals surface area contributed by atoms with Crippen molar-refractivity contribution in [3.63, 3.8) is 0 Å². The van der Waals surface area contributed by atoms with E-state index in [1.807, 2.05) is 0 Å². The van der Waals surface area contributed by atoms with Crippen molar-refractivity contribution < 1.29 is 23.8 Å². The number of nitrogens with two attached hydrogens (primary N) is 1. The first-order valence-corrected chi connectivity index (χ1v) is 4.81. The van der Waals surface area contributed by atoms with Gasteiger partial charge in [0.15, 0.2) is 5.78 Å². The minimum Gasteiger partial charge on any atom is -0.496 e. The average Bonchev–Trinajstić information content (AvgIpc) is 2.28. The molecule has 0 amide bonds. The molecule has 0 radical (unpaired) electrons. The van der Waals surface area contributed by atoms with E-state index >= 15 is 0 Å². The van der Waals surface area contributed by atoms with Crippen molar-refractivity contribution in [2.24, 2.45) is 5.73 Å². The molecule has 0 saturated carbocycles. The highest BCUT2D eigenvalue weighted by atomic mass is 19.1. The lowest BCUT2D eigenvalue weighted by molar-refractivity contribution is -0.138. The van der Waals surface area contributed by atoms with Gasteiger partial charge in [-0.25, -0.2) is 4.39 Å². The summed E-state index contributed by atoms with van der Waals surface area (Å²) in [4.78, 5) is 22.2. The molecule has 0 saturated heterocycles. The van der Waals surface area contributed by atoms with Crippen LogP contribution in [-0.2, 0) is 4.79 Å². The normalized spacial score (nSPS) is 11.9. The lowest BCUT2D eigenvalue weighted by Crippen LogP contribution is -2.32. The third-order valence-corrected chi connectivity index (χ3v) is 2.18. The zero-order chi connectivity index (χ0) is 13.0. The standard InChI is InChI=1S/C11H12FNO4/c1-17-10-3-2-6(12)4-7(10)9(14)5-8(13)11(15)16/h2-4,8H,5,13H2,1H3,(H,15,16)/t8-/m0/s1. The first kappa shape index (κ1) is 13.1. The van der Waals surface area contributed by atoms with Crippen LogP contribution in [0.4, 0.5) is 4.39 Å². The Labute approximate surface area is 97.0 Å². The molecule has 5 nitrogen and oxygen atoms in total. The van der Waals surface area contributed by atoms with E-state index in [0.29, 0.717) is 0 Å². The third kappa shape index (κ3) is 3.25. The summed E-state index contributed by atoms with van der Waals surface area (Å²) >= 11 is 0. The summed E-state index contributed by atoms with van der Waals surface area (Å²) in [6.45, 7) is 0. The Morgan fingerprint density at radius 1 is 1.53 bits per heavy atom. The molecule has 6 heteroatoms. The Hall–Kier alpha value is -1.95. The van der Waals surface area contributed by atoms with Gasteiger partial charge < -0.3 is 15.6 Å². The van der Waals surface area contributed by atoms with Gasteiger partial charge in [0.05, 0.1) is 12.7 Å². The van der Waals surface area contributed by atoms with Crippen LogP contribution in [0.15, 0.2) is 18.2 Å². The van der Waals surface area contributed by atoms with Crippen molar-refractivity contribution in [3.05, 3.63) is 29.6 Å². The van der Waals surface area contributed by atoms with Crippen molar-refractivity contribution >= 4 is 11.8 Å². The maximum atomic E-state index is 13.0. The number of methoxy groups -OCH3 is 1. The molecule has 92 valence electrons. The molecule has 0 heterocycles. The Morgan fingerprint density at radius 2 is 2.18 bits per heavy atom. The molecule has 1 aromatic carbocycles. The Morgan fingerprint density at radius 3 is 2.71 bits per heavy atom. The van der Waals surface area contributed by atoms with Crippen LogP contribution in [0.2, 0.25) is 0 Å². The van der Waals surface area contributed by atoms with Crippen molar-refractivity contribution in [1.82, 2.24) is 0 Å². The number of rotatable bonds is 5. The maximum Gasteiger partial charge on any atom is 0.320 e. The number of hydrogen-bond donors (Lipinski definition) is 2. The van der Waals surface area contributed by atoms with Crippen molar-refractivity contribution in [2.75, 3.05) is 7.11 Å². The number of benzene rings is 1. The number of carboxylic acids is 1. The fourth-order valence-electron chi connectivity index (χ4n) is 1.30. The second kappa shape index (κ2) is 5.40.